The van der Waals surface area contributed by atoms with Crippen LogP contribution in [0, 0.1) is 12.8 Å². The van der Waals surface area contributed by atoms with E-state index in [4.69, 9.17) is 25.7 Å². The summed E-state index contributed by atoms with van der Waals surface area (Å²) in [5.41, 5.74) is 6.45. The van der Waals surface area contributed by atoms with Crippen molar-refractivity contribution in [2.45, 2.75) is 33.3 Å². The second-order valence-electron chi connectivity index (χ2n) is 10.2. The van der Waals surface area contributed by atoms with Crippen LogP contribution >= 0.6 is 11.6 Å². The fourth-order valence-electron chi connectivity index (χ4n) is 5.40. The molecule has 0 bridgehead atoms. The summed E-state index contributed by atoms with van der Waals surface area (Å²) in [6, 6.07) is 22.6. The third kappa shape index (κ3) is 4.86. The maximum atomic E-state index is 13.8. The quantitative estimate of drug-likeness (QED) is 0.173. The second kappa shape index (κ2) is 10.2. The topological polar surface area (TPSA) is 69.4 Å². The first-order chi connectivity index (χ1) is 18.9. The summed E-state index contributed by atoms with van der Waals surface area (Å²) in [5.74, 6) is -0.118. The Morgan fingerprint density at radius 2 is 1.82 bits per heavy atom. The summed E-state index contributed by atoms with van der Waals surface area (Å²) in [7, 11) is 0. The zero-order chi connectivity index (χ0) is 27.1. The molecule has 39 heavy (non-hydrogen) atoms. The first kappa shape index (κ1) is 25.1. The SMILES string of the molecule is Cc1cc2oc(=O)cc(COC(=O)c3c4c(nc5ccccc35)/C(=C\c3ccccc3)C[C@H](C)C4)c2cc1Cl. The summed E-state index contributed by atoms with van der Waals surface area (Å²) < 4.78 is 11.3. The lowest BCUT2D eigenvalue weighted by atomic mass is 9.80. The molecule has 0 amide bonds. The molecular weight excluding hydrogens is 510 g/mol. The van der Waals surface area contributed by atoms with Gasteiger partial charge in [0.15, 0.2) is 0 Å². The molecule has 0 fully saturated rings. The lowest BCUT2D eigenvalue weighted by Gasteiger charge is -2.26. The number of halogens is 1. The lowest BCUT2D eigenvalue weighted by Crippen LogP contribution is -2.19. The van der Waals surface area contributed by atoms with Gasteiger partial charge in [-0.25, -0.2) is 14.6 Å². The Morgan fingerprint density at radius 1 is 1.05 bits per heavy atom. The third-order valence-electron chi connectivity index (χ3n) is 7.23. The Hall–Kier alpha value is -4.22. The maximum absolute atomic E-state index is 13.8. The van der Waals surface area contributed by atoms with Crippen LogP contribution in [0.1, 0.15) is 51.7 Å². The number of esters is 1. The minimum Gasteiger partial charge on any atom is -0.457 e. The van der Waals surface area contributed by atoms with Crippen LogP contribution in [0.4, 0.5) is 0 Å². The van der Waals surface area contributed by atoms with Crippen molar-refractivity contribution < 1.29 is 13.9 Å². The molecule has 5 aromatic rings. The van der Waals surface area contributed by atoms with Crippen molar-refractivity contribution >= 4 is 51.1 Å². The number of carbonyl (C=O) groups excluding carboxylic acids is 1. The van der Waals surface area contributed by atoms with Crippen LogP contribution < -0.4 is 5.63 Å². The number of aryl methyl sites for hydroxylation is 1. The van der Waals surface area contributed by atoms with E-state index < -0.39 is 11.6 Å². The van der Waals surface area contributed by atoms with E-state index in [2.05, 4.69) is 25.1 Å². The van der Waals surface area contributed by atoms with E-state index in [0.717, 1.165) is 51.7 Å². The van der Waals surface area contributed by atoms with Crippen molar-refractivity contribution in [2.24, 2.45) is 5.92 Å². The molecule has 3 aromatic carbocycles. The number of nitrogens with zero attached hydrogens (tertiary/aromatic N) is 1. The Morgan fingerprint density at radius 3 is 2.64 bits per heavy atom. The van der Waals surface area contributed by atoms with Gasteiger partial charge in [0.2, 0.25) is 0 Å². The number of allylic oxidation sites excluding steroid dienone is 1. The van der Waals surface area contributed by atoms with Gasteiger partial charge >= 0.3 is 11.6 Å². The first-order valence-electron chi connectivity index (χ1n) is 12.9. The van der Waals surface area contributed by atoms with Crippen LogP contribution in [0.3, 0.4) is 0 Å². The molecule has 0 spiro atoms. The molecule has 5 nitrogen and oxygen atoms in total. The van der Waals surface area contributed by atoms with Crippen LogP contribution in [0.5, 0.6) is 0 Å². The predicted molar refractivity (Wildman–Crippen MR) is 155 cm³/mol. The van der Waals surface area contributed by atoms with Gasteiger partial charge in [0.25, 0.3) is 0 Å². The molecule has 1 aliphatic carbocycles. The van der Waals surface area contributed by atoms with E-state index in [9.17, 15) is 9.59 Å². The molecule has 1 aliphatic rings. The van der Waals surface area contributed by atoms with Gasteiger partial charge in [0.05, 0.1) is 16.8 Å². The molecule has 0 radical (unpaired) electrons. The van der Waals surface area contributed by atoms with Crippen LogP contribution in [-0.4, -0.2) is 11.0 Å². The number of hydrogen-bond acceptors (Lipinski definition) is 5. The normalized spacial score (nSPS) is 16.0. The number of fused-ring (bicyclic) bond motifs is 3. The molecule has 1 atom stereocenters. The monoisotopic (exact) mass is 535 g/mol. The van der Waals surface area contributed by atoms with Gasteiger partial charge in [0, 0.05) is 27.4 Å². The van der Waals surface area contributed by atoms with Crippen LogP contribution in [0.2, 0.25) is 5.02 Å². The van der Waals surface area contributed by atoms with Crippen molar-refractivity contribution in [1.29, 1.82) is 0 Å². The van der Waals surface area contributed by atoms with Crippen molar-refractivity contribution in [2.75, 3.05) is 0 Å². The highest BCUT2D eigenvalue weighted by molar-refractivity contribution is 6.32. The maximum Gasteiger partial charge on any atom is 0.339 e. The molecule has 0 saturated carbocycles. The van der Waals surface area contributed by atoms with E-state index in [1.54, 1.807) is 12.1 Å². The highest BCUT2D eigenvalue weighted by Gasteiger charge is 2.29. The molecule has 0 aliphatic heterocycles. The fourth-order valence-corrected chi connectivity index (χ4v) is 5.57. The molecular formula is C33H26ClNO4. The number of hydrogen-bond donors (Lipinski definition) is 0. The molecule has 0 saturated heterocycles. The summed E-state index contributed by atoms with van der Waals surface area (Å²) >= 11 is 6.35. The van der Waals surface area contributed by atoms with E-state index >= 15 is 0 Å². The smallest absolute Gasteiger partial charge is 0.339 e. The average molecular weight is 536 g/mol. The molecule has 0 unspecified atom stereocenters. The van der Waals surface area contributed by atoms with Crippen LogP contribution in [0.25, 0.3) is 33.5 Å². The van der Waals surface area contributed by atoms with Crippen molar-refractivity contribution in [1.82, 2.24) is 4.98 Å². The van der Waals surface area contributed by atoms with Crippen molar-refractivity contribution in [3.05, 3.63) is 122 Å². The molecule has 6 heteroatoms. The largest absolute Gasteiger partial charge is 0.457 e. The highest BCUT2D eigenvalue weighted by Crippen LogP contribution is 2.39. The number of pyridine rings is 1. The number of benzene rings is 3. The Kier molecular flexibility index (Phi) is 6.53. The summed E-state index contributed by atoms with van der Waals surface area (Å²) in [6.45, 7) is 3.94. The average Bonchev–Trinajstić information content (AvgIpc) is 2.92. The van der Waals surface area contributed by atoms with E-state index in [1.165, 1.54) is 6.07 Å². The van der Waals surface area contributed by atoms with Gasteiger partial charge in [-0.2, -0.15) is 0 Å². The van der Waals surface area contributed by atoms with E-state index in [1.807, 2.05) is 49.4 Å². The fraction of sp³-hybridized carbons (Fsp3) is 0.182. The van der Waals surface area contributed by atoms with E-state index in [-0.39, 0.29) is 6.61 Å². The summed E-state index contributed by atoms with van der Waals surface area (Å²) in [5, 5.41) is 1.94. The minimum atomic E-state index is -0.508. The molecule has 2 heterocycles. The molecule has 194 valence electrons. The lowest BCUT2D eigenvalue weighted by molar-refractivity contribution is 0.0474. The van der Waals surface area contributed by atoms with Gasteiger partial charge in [-0.05, 0) is 72.2 Å². The number of aromatic nitrogens is 1. The van der Waals surface area contributed by atoms with Crippen molar-refractivity contribution in [3.8, 4) is 0 Å². The number of rotatable bonds is 4. The zero-order valence-corrected chi connectivity index (χ0v) is 22.4. The van der Waals surface area contributed by atoms with Gasteiger partial charge < -0.3 is 9.15 Å². The molecule has 6 rings (SSSR count). The summed E-state index contributed by atoms with van der Waals surface area (Å²) in [4.78, 5) is 31.1. The Labute approximate surface area is 230 Å². The Bertz CT molecular complexity index is 1840. The van der Waals surface area contributed by atoms with Crippen LogP contribution in [0.15, 0.2) is 82.0 Å². The van der Waals surface area contributed by atoms with Gasteiger partial charge in [0.1, 0.15) is 12.2 Å². The number of para-hydroxylation sites is 1. The van der Waals surface area contributed by atoms with Gasteiger partial charge in [-0.3, -0.25) is 0 Å². The Balaban J connectivity index is 1.44. The summed E-state index contributed by atoms with van der Waals surface area (Å²) in [6.07, 6.45) is 3.75. The molecule has 2 aromatic heterocycles. The van der Waals surface area contributed by atoms with Crippen molar-refractivity contribution in [3.63, 3.8) is 0 Å². The predicted octanol–water partition coefficient (Wildman–Crippen LogP) is 7.78. The third-order valence-corrected chi connectivity index (χ3v) is 7.64. The van der Waals surface area contributed by atoms with Crippen LogP contribution in [-0.2, 0) is 17.8 Å². The van der Waals surface area contributed by atoms with Gasteiger partial charge in [-0.1, -0.05) is 67.1 Å². The van der Waals surface area contributed by atoms with E-state index in [0.29, 0.717) is 33.0 Å². The minimum absolute atomic E-state index is 0.0893. The molecule has 0 N–H and O–H groups in total. The second-order valence-corrected chi connectivity index (χ2v) is 10.6. The number of ether oxygens (including phenoxy) is 1. The first-order valence-corrected chi connectivity index (χ1v) is 13.3. The zero-order valence-electron chi connectivity index (χ0n) is 21.7. The highest BCUT2D eigenvalue weighted by atomic mass is 35.5. The van der Waals surface area contributed by atoms with Gasteiger partial charge in [-0.15, -0.1) is 0 Å². The number of carbonyl (C=O) groups is 1. The standard InChI is InChI=1S/C33H26ClNO4/c1-19-12-22(15-21-8-4-3-5-9-21)32-26(13-19)31(24-10-6-7-11-28(24)35-32)33(37)38-18-23-16-30(36)39-29-14-20(2)27(34)17-25(23)29/h3-11,14-17,19H,12-13,18H2,1-2H3/b22-15-/t19-/m0/s1.